The second-order valence-corrected chi connectivity index (χ2v) is 3.67. The third-order valence-corrected chi connectivity index (χ3v) is 2.90. The van der Waals surface area contributed by atoms with Crippen molar-refractivity contribution in [1.82, 2.24) is 10.2 Å². The third kappa shape index (κ3) is 1.62. The fourth-order valence-electron chi connectivity index (χ4n) is 1.61. The molecule has 1 saturated heterocycles. The van der Waals surface area contributed by atoms with Gasteiger partial charge < -0.3 is 9.73 Å². The second kappa shape index (κ2) is 3.52. The quantitative estimate of drug-likeness (QED) is 0.758. The molecule has 1 aliphatic rings. The van der Waals surface area contributed by atoms with Crippen molar-refractivity contribution in [3.05, 3.63) is 24.2 Å². The summed E-state index contributed by atoms with van der Waals surface area (Å²) in [5.41, 5.74) is 0. The number of rotatable bonds is 3. The maximum Gasteiger partial charge on any atom is 0.120 e. The van der Waals surface area contributed by atoms with Gasteiger partial charge in [-0.25, -0.2) is 0 Å². The first-order valence-electron chi connectivity index (χ1n) is 4.75. The minimum atomic E-state index is 0.377. The number of hydrogen-bond donors (Lipinski definition) is 1. The van der Waals surface area contributed by atoms with Crippen molar-refractivity contribution in [3.63, 3.8) is 0 Å². The van der Waals surface area contributed by atoms with Gasteiger partial charge in [-0.2, -0.15) is 0 Å². The Morgan fingerprint density at radius 1 is 1.62 bits per heavy atom. The van der Waals surface area contributed by atoms with E-state index < -0.39 is 0 Å². The van der Waals surface area contributed by atoms with Crippen LogP contribution in [0, 0.1) is 0 Å². The molecule has 0 aromatic carbocycles. The first kappa shape index (κ1) is 8.78. The van der Waals surface area contributed by atoms with Crippen molar-refractivity contribution in [1.29, 1.82) is 0 Å². The molecule has 2 heterocycles. The van der Waals surface area contributed by atoms with Gasteiger partial charge in [-0.05, 0) is 26.1 Å². The summed E-state index contributed by atoms with van der Waals surface area (Å²) in [4.78, 5) is 2.36. The number of likely N-dealkylation sites (N-methyl/N-ethyl adjacent to an activating group) is 1. The smallest absolute Gasteiger partial charge is 0.120 e. The molecule has 0 aliphatic carbocycles. The molecule has 0 spiro atoms. The van der Waals surface area contributed by atoms with Gasteiger partial charge in [0.2, 0.25) is 0 Å². The summed E-state index contributed by atoms with van der Waals surface area (Å²) >= 11 is 0. The van der Waals surface area contributed by atoms with E-state index in [1.807, 2.05) is 12.1 Å². The highest BCUT2D eigenvalue weighted by molar-refractivity contribution is 5.04. The van der Waals surface area contributed by atoms with Crippen LogP contribution in [0.1, 0.15) is 18.7 Å². The first-order chi connectivity index (χ1) is 6.29. The molecule has 1 N–H and O–H groups in total. The van der Waals surface area contributed by atoms with Gasteiger partial charge in [-0.1, -0.05) is 0 Å². The molecule has 3 heteroatoms. The van der Waals surface area contributed by atoms with Gasteiger partial charge >= 0.3 is 0 Å². The Bertz CT molecular complexity index is 254. The average molecular weight is 180 g/mol. The van der Waals surface area contributed by atoms with Crippen LogP contribution in [0.2, 0.25) is 0 Å². The molecule has 0 radical (unpaired) electrons. The zero-order valence-electron chi connectivity index (χ0n) is 8.16. The Hall–Kier alpha value is -0.800. The predicted molar refractivity (Wildman–Crippen MR) is 51.5 cm³/mol. The molecule has 3 nitrogen and oxygen atoms in total. The minimum Gasteiger partial charge on any atom is -0.468 e. The van der Waals surface area contributed by atoms with Gasteiger partial charge in [-0.3, -0.25) is 4.90 Å². The highest BCUT2D eigenvalue weighted by atomic mass is 16.3. The molecule has 1 fully saturated rings. The molecule has 0 amide bonds. The van der Waals surface area contributed by atoms with Crippen molar-refractivity contribution in [2.24, 2.45) is 0 Å². The molecule has 72 valence electrons. The van der Waals surface area contributed by atoms with Gasteiger partial charge in [0.25, 0.3) is 0 Å². The monoisotopic (exact) mass is 180 g/mol. The highest BCUT2D eigenvalue weighted by Gasteiger charge is 2.26. The summed E-state index contributed by atoms with van der Waals surface area (Å²) in [7, 11) is 2.15. The molecule has 0 bridgehead atoms. The highest BCUT2D eigenvalue weighted by Crippen LogP contribution is 2.21. The summed E-state index contributed by atoms with van der Waals surface area (Å²) in [6.45, 7) is 4.38. The van der Waals surface area contributed by atoms with E-state index in [0.717, 1.165) is 18.8 Å². The van der Waals surface area contributed by atoms with Crippen molar-refractivity contribution >= 4 is 0 Å². The number of nitrogens with one attached hydrogen (secondary N) is 1. The lowest BCUT2D eigenvalue weighted by atomic mass is 10.1. The lowest BCUT2D eigenvalue weighted by Gasteiger charge is -2.38. The normalized spacial score (nSPS) is 20.2. The lowest BCUT2D eigenvalue weighted by molar-refractivity contribution is 0.123. The first-order valence-corrected chi connectivity index (χ1v) is 4.75. The Morgan fingerprint density at radius 2 is 2.38 bits per heavy atom. The zero-order chi connectivity index (χ0) is 9.26. The largest absolute Gasteiger partial charge is 0.468 e. The lowest BCUT2D eigenvalue weighted by Crippen LogP contribution is -2.56. The van der Waals surface area contributed by atoms with Crippen LogP contribution < -0.4 is 5.32 Å². The maximum atomic E-state index is 5.37. The van der Waals surface area contributed by atoms with Gasteiger partial charge in [0.1, 0.15) is 5.76 Å². The molecular formula is C10H16N2O. The summed E-state index contributed by atoms with van der Waals surface area (Å²) < 4.78 is 5.37. The van der Waals surface area contributed by atoms with Gasteiger partial charge in [-0.15, -0.1) is 0 Å². The molecule has 1 aliphatic heterocycles. The number of hydrogen-bond acceptors (Lipinski definition) is 3. The van der Waals surface area contributed by atoms with E-state index in [0.29, 0.717) is 12.1 Å². The van der Waals surface area contributed by atoms with E-state index in [4.69, 9.17) is 4.42 Å². The molecule has 1 aromatic rings. The van der Waals surface area contributed by atoms with Gasteiger partial charge in [0.05, 0.1) is 12.3 Å². The molecule has 2 rings (SSSR count). The van der Waals surface area contributed by atoms with E-state index >= 15 is 0 Å². The second-order valence-electron chi connectivity index (χ2n) is 3.67. The number of furan rings is 1. The molecule has 1 unspecified atom stereocenters. The van der Waals surface area contributed by atoms with Crippen molar-refractivity contribution in [2.75, 3.05) is 20.1 Å². The van der Waals surface area contributed by atoms with Crippen LogP contribution in [0.15, 0.2) is 22.8 Å². The molecular weight excluding hydrogens is 164 g/mol. The van der Waals surface area contributed by atoms with Crippen LogP contribution in [0.4, 0.5) is 0 Å². The van der Waals surface area contributed by atoms with Crippen LogP contribution in [0.25, 0.3) is 0 Å². The topological polar surface area (TPSA) is 28.4 Å². The Morgan fingerprint density at radius 3 is 2.85 bits per heavy atom. The fraction of sp³-hybridized carbons (Fsp3) is 0.600. The van der Waals surface area contributed by atoms with Crippen LogP contribution in [0.5, 0.6) is 0 Å². The SMILES string of the molecule is CC(c1ccco1)N(C)C1CNC1. The van der Waals surface area contributed by atoms with Crippen molar-refractivity contribution in [3.8, 4) is 0 Å². The predicted octanol–water partition coefficient (Wildman–Crippen LogP) is 1.24. The van der Waals surface area contributed by atoms with Crippen molar-refractivity contribution < 1.29 is 4.42 Å². The number of nitrogens with zero attached hydrogens (tertiary/aromatic N) is 1. The van der Waals surface area contributed by atoms with Gasteiger partial charge in [0, 0.05) is 19.1 Å². The molecule has 0 saturated carbocycles. The van der Waals surface area contributed by atoms with Crippen molar-refractivity contribution in [2.45, 2.75) is 19.0 Å². The fourth-order valence-corrected chi connectivity index (χ4v) is 1.61. The van der Waals surface area contributed by atoms with Crippen LogP contribution in [0.3, 0.4) is 0 Å². The Labute approximate surface area is 78.7 Å². The summed E-state index contributed by atoms with van der Waals surface area (Å²) in [5, 5.41) is 3.27. The van der Waals surface area contributed by atoms with E-state index in [1.165, 1.54) is 0 Å². The summed E-state index contributed by atoms with van der Waals surface area (Å²) in [6, 6.07) is 5.02. The zero-order valence-corrected chi connectivity index (χ0v) is 8.16. The Kier molecular flexibility index (Phi) is 2.38. The third-order valence-electron chi connectivity index (χ3n) is 2.90. The van der Waals surface area contributed by atoms with Crippen LogP contribution in [-0.2, 0) is 0 Å². The van der Waals surface area contributed by atoms with E-state index in [2.05, 4.69) is 24.2 Å². The molecule has 13 heavy (non-hydrogen) atoms. The maximum absolute atomic E-state index is 5.37. The van der Waals surface area contributed by atoms with E-state index in [9.17, 15) is 0 Å². The molecule has 1 atom stereocenters. The summed E-state index contributed by atoms with van der Waals surface area (Å²) in [5.74, 6) is 1.05. The van der Waals surface area contributed by atoms with Gasteiger partial charge in [0.15, 0.2) is 0 Å². The minimum absolute atomic E-state index is 0.377. The Balaban J connectivity index is 1.99. The van der Waals surface area contributed by atoms with E-state index in [-0.39, 0.29) is 0 Å². The molecule has 1 aromatic heterocycles. The van der Waals surface area contributed by atoms with Crippen LogP contribution in [-0.4, -0.2) is 31.1 Å². The summed E-state index contributed by atoms with van der Waals surface area (Å²) in [6.07, 6.45) is 1.73. The standard InChI is InChI=1S/C10H16N2O/c1-8(10-4-3-5-13-10)12(2)9-6-11-7-9/h3-5,8-9,11H,6-7H2,1-2H3. The average Bonchev–Trinajstić information content (AvgIpc) is 2.51. The van der Waals surface area contributed by atoms with Crippen LogP contribution >= 0.6 is 0 Å². The van der Waals surface area contributed by atoms with E-state index in [1.54, 1.807) is 6.26 Å².